The Kier molecular flexibility index (Phi) is 8.30. The number of hydrogen-bond acceptors (Lipinski definition) is 5. The van der Waals surface area contributed by atoms with Gasteiger partial charge in [0, 0.05) is 44.5 Å². The first-order valence-electron chi connectivity index (χ1n) is 11.5. The molecule has 3 amide bonds. The molecule has 0 bridgehead atoms. The summed E-state index contributed by atoms with van der Waals surface area (Å²) in [5.74, 6) is -0.316. The third-order valence-corrected chi connectivity index (χ3v) is 5.62. The number of anilines is 1. The molecule has 0 aliphatic carbocycles. The molecule has 0 spiro atoms. The van der Waals surface area contributed by atoms with Crippen molar-refractivity contribution in [2.75, 3.05) is 26.0 Å². The summed E-state index contributed by atoms with van der Waals surface area (Å²) in [6.07, 6.45) is 0. The summed E-state index contributed by atoms with van der Waals surface area (Å²) >= 11 is 0. The van der Waals surface area contributed by atoms with Gasteiger partial charge in [0.25, 0.3) is 11.8 Å². The lowest BCUT2D eigenvalue weighted by molar-refractivity contribution is -0.123. The van der Waals surface area contributed by atoms with E-state index in [2.05, 4.69) is 16.0 Å². The molecule has 0 aliphatic heterocycles. The summed E-state index contributed by atoms with van der Waals surface area (Å²) < 4.78 is 5.77. The number of nitrogens with one attached hydrogen (secondary N) is 3. The van der Waals surface area contributed by atoms with Crippen LogP contribution in [-0.2, 0) is 11.3 Å². The molecule has 0 unspecified atom stereocenters. The van der Waals surface area contributed by atoms with Crippen LogP contribution in [-0.4, -0.2) is 44.9 Å². The van der Waals surface area contributed by atoms with Crippen LogP contribution in [0.4, 0.5) is 5.69 Å². The quantitative estimate of drug-likeness (QED) is 0.439. The predicted molar refractivity (Wildman–Crippen MR) is 136 cm³/mol. The van der Waals surface area contributed by atoms with Crippen molar-refractivity contribution in [2.24, 2.45) is 5.92 Å². The van der Waals surface area contributed by atoms with Crippen molar-refractivity contribution in [3.8, 4) is 11.3 Å². The SMILES string of the molecule is CNC(=O)[C@@H](NC(=O)c1ccc(-c2cccc(CNC(=O)c3ccc(N(C)C)cc3)c2)o1)C(C)C. The first-order valence-corrected chi connectivity index (χ1v) is 11.5. The van der Waals surface area contributed by atoms with E-state index in [1.54, 1.807) is 24.3 Å². The number of hydrogen-bond donors (Lipinski definition) is 3. The fourth-order valence-electron chi connectivity index (χ4n) is 3.55. The van der Waals surface area contributed by atoms with Crippen LogP contribution in [0.2, 0.25) is 0 Å². The van der Waals surface area contributed by atoms with Crippen molar-refractivity contribution >= 4 is 23.4 Å². The summed E-state index contributed by atoms with van der Waals surface area (Å²) in [4.78, 5) is 39.2. The molecule has 0 radical (unpaired) electrons. The van der Waals surface area contributed by atoms with Crippen LogP contribution in [0, 0.1) is 5.92 Å². The summed E-state index contributed by atoms with van der Waals surface area (Å²) in [5, 5.41) is 8.21. The normalized spacial score (nSPS) is 11.6. The van der Waals surface area contributed by atoms with Gasteiger partial charge in [-0.1, -0.05) is 32.0 Å². The minimum atomic E-state index is -0.660. The van der Waals surface area contributed by atoms with Crippen molar-refractivity contribution < 1.29 is 18.8 Å². The van der Waals surface area contributed by atoms with E-state index < -0.39 is 11.9 Å². The van der Waals surface area contributed by atoms with Crippen LogP contribution in [0.25, 0.3) is 11.3 Å². The Morgan fingerprint density at radius 2 is 1.66 bits per heavy atom. The number of amides is 3. The van der Waals surface area contributed by atoms with Gasteiger partial charge in [0.05, 0.1) is 0 Å². The maximum Gasteiger partial charge on any atom is 0.287 e. The minimum absolute atomic E-state index is 0.0776. The molecule has 35 heavy (non-hydrogen) atoms. The van der Waals surface area contributed by atoms with E-state index >= 15 is 0 Å². The number of rotatable bonds is 9. The Labute approximate surface area is 205 Å². The molecule has 3 aromatic rings. The van der Waals surface area contributed by atoms with Crippen LogP contribution in [0.15, 0.2) is 65.1 Å². The number of nitrogens with zero attached hydrogens (tertiary/aromatic N) is 1. The summed E-state index contributed by atoms with van der Waals surface area (Å²) in [5.41, 5.74) is 3.28. The van der Waals surface area contributed by atoms with Crippen molar-refractivity contribution in [1.29, 1.82) is 0 Å². The van der Waals surface area contributed by atoms with Gasteiger partial charge in [0.2, 0.25) is 5.91 Å². The number of carbonyl (C=O) groups is 3. The summed E-state index contributed by atoms with van der Waals surface area (Å²) in [7, 11) is 5.43. The van der Waals surface area contributed by atoms with Crippen molar-refractivity contribution in [3.05, 3.63) is 77.6 Å². The average Bonchev–Trinajstić information content (AvgIpc) is 3.36. The molecule has 0 saturated carbocycles. The molecule has 0 aliphatic rings. The lowest BCUT2D eigenvalue weighted by atomic mass is 10.0. The second kappa shape index (κ2) is 11.4. The van der Waals surface area contributed by atoms with Gasteiger partial charge in [-0.25, -0.2) is 0 Å². The van der Waals surface area contributed by atoms with Gasteiger partial charge in [-0.05, 0) is 53.9 Å². The van der Waals surface area contributed by atoms with E-state index in [0.717, 1.165) is 16.8 Å². The van der Waals surface area contributed by atoms with Crippen LogP contribution in [0.1, 0.15) is 40.3 Å². The monoisotopic (exact) mass is 476 g/mol. The van der Waals surface area contributed by atoms with Gasteiger partial charge in [0.15, 0.2) is 5.76 Å². The van der Waals surface area contributed by atoms with Crippen LogP contribution in [0.5, 0.6) is 0 Å². The Hall–Kier alpha value is -4.07. The third-order valence-electron chi connectivity index (χ3n) is 5.62. The van der Waals surface area contributed by atoms with Gasteiger partial charge in [-0.3, -0.25) is 14.4 Å². The molecule has 1 heterocycles. The van der Waals surface area contributed by atoms with Gasteiger partial charge < -0.3 is 25.3 Å². The second-order valence-corrected chi connectivity index (χ2v) is 8.80. The summed E-state index contributed by atoms with van der Waals surface area (Å²) in [6, 6.07) is 17.6. The molecular weight excluding hydrogens is 444 g/mol. The van der Waals surface area contributed by atoms with Gasteiger partial charge >= 0.3 is 0 Å². The first-order chi connectivity index (χ1) is 16.7. The van der Waals surface area contributed by atoms with E-state index in [4.69, 9.17) is 4.42 Å². The molecular formula is C27H32N4O4. The number of carbonyl (C=O) groups excluding carboxylic acids is 3. The molecule has 184 valence electrons. The highest BCUT2D eigenvalue weighted by Gasteiger charge is 2.25. The van der Waals surface area contributed by atoms with Crippen molar-refractivity contribution in [1.82, 2.24) is 16.0 Å². The largest absolute Gasteiger partial charge is 0.451 e. The van der Waals surface area contributed by atoms with Gasteiger partial charge in [-0.15, -0.1) is 0 Å². The Bertz CT molecular complexity index is 1180. The molecule has 1 aromatic heterocycles. The second-order valence-electron chi connectivity index (χ2n) is 8.80. The highest BCUT2D eigenvalue weighted by Crippen LogP contribution is 2.23. The highest BCUT2D eigenvalue weighted by atomic mass is 16.4. The van der Waals surface area contributed by atoms with Crippen molar-refractivity contribution in [3.63, 3.8) is 0 Å². The Morgan fingerprint density at radius 1 is 0.943 bits per heavy atom. The molecule has 8 nitrogen and oxygen atoms in total. The van der Waals surface area contributed by atoms with E-state index in [9.17, 15) is 14.4 Å². The first kappa shape index (κ1) is 25.6. The molecule has 8 heteroatoms. The van der Waals surface area contributed by atoms with Crippen LogP contribution < -0.4 is 20.9 Å². The maximum atomic E-state index is 12.6. The van der Waals surface area contributed by atoms with E-state index in [0.29, 0.717) is 17.9 Å². The minimum Gasteiger partial charge on any atom is -0.451 e. The van der Waals surface area contributed by atoms with Crippen molar-refractivity contribution in [2.45, 2.75) is 26.4 Å². The molecule has 2 aromatic carbocycles. The predicted octanol–water partition coefficient (Wildman–Crippen LogP) is 3.44. The Balaban J connectivity index is 1.65. The van der Waals surface area contributed by atoms with E-state index in [1.807, 2.05) is 69.2 Å². The summed E-state index contributed by atoms with van der Waals surface area (Å²) in [6.45, 7) is 4.06. The number of furan rings is 1. The topological polar surface area (TPSA) is 104 Å². The molecule has 3 N–H and O–H groups in total. The molecule has 3 rings (SSSR count). The lowest BCUT2D eigenvalue weighted by Crippen LogP contribution is -2.48. The number of likely N-dealkylation sites (N-methyl/N-ethyl adjacent to an activating group) is 1. The molecule has 0 fully saturated rings. The third kappa shape index (κ3) is 6.50. The average molecular weight is 477 g/mol. The maximum absolute atomic E-state index is 12.6. The lowest BCUT2D eigenvalue weighted by Gasteiger charge is -2.19. The highest BCUT2D eigenvalue weighted by molar-refractivity contribution is 5.96. The Morgan fingerprint density at radius 3 is 2.29 bits per heavy atom. The molecule has 0 saturated heterocycles. The van der Waals surface area contributed by atoms with Gasteiger partial charge in [-0.2, -0.15) is 0 Å². The zero-order valence-electron chi connectivity index (χ0n) is 20.7. The van der Waals surface area contributed by atoms with E-state index in [-0.39, 0.29) is 23.5 Å². The smallest absolute Gasteiger partial charge is 0.287 e. The van der Waals surface area contributed by atoms with E-state index in [1.165, 1.54) is 7.05 Å². The number of benzene rings is 2. The van der Waals surface area contributed by atoms with Crippen LogP contribution >= 0.6 is 0 Å². The fourth-order valence-corrected chi connectivity index (χ4v) is 3.55. The van der Waals surface area contributed by atoms with Gasteiger partial charge in [0.1, 0.15) is 11.8 Å². The zero-order chi connectivity index (χ0) is 25.5. The van der Waals surface area contributed by atoms with Crippen LogP contribution in [0.3, 0.4) is 0 Å². The zero-order valence-corrected chi connectivity index (χ0v) is 20.7. The standard InChI is InChI=1S/C27H32N4O4/c1-17(2)24(27(34)28-3)30-26(33)23-14-13-22(35-23)20-8-6-7-18(15-20)16-29-25(32)19-9-11-21(12-10-19)31(4)5/h6-15,17,24H,16H2,1-5H3,(H,28,34)(H,29,32)(H,30,33)/t24-/m0/s1. The fraction of sp³-hybridized carbons (Fsp3) is 0.296. The molecule has 1 atom stereocenters.